The highest BCUT2D eigenvalue weighted by atomic mass is 16.6. The molecule has 2 fully saturated rings. The van der Waals surface area contributed by atoms with Crippen molar-refractivity contribution < 1.29 is 14.3 Å². The minimum absolute atomic E-state index is 0.0598. The molecule has 0 radical (unpaired) electrons. The normalized spacial score (nSPS) is 22.7. The van der Waals surface area contributed by atoms with Crippen LogP contribution in [0.4, 0.5) is 4.79 Å². The number of benzene rings is 1. The summed E-state index contributed by atoms with van der Waals surface area (Å²) < 4.78 is 13.2. The van der Waals surface area contributed by atoms with E-state index in [0.717, 1.165) is 18.5 Å². The lowest BCUT2D eigenvalue weighted by atomic mass is 10.0. The quantitative estimate of drug-likeness (QED) is 0.904. The number of carbonyl (C=O) groups excluding carboxylic acids is 1. The molecule has 7 nitrogen and oxygen atoms in total. The second-order valence-electron chi connectivity index (χ2n) is 6.95. The number of hydrogen-bond donors (Lipinski definition) is 1. The Morgan fingerprint density at radius 1 is 1.23 bits per heavy atom. The van der Waals surface area contributed by atoms with E-state index in [1.165, 1.54) is 5.56 Å². The Balaban J connectivity index is 1.29. The second kappa shape index (κ2) is 7.47. The zero-order valence-corrected chi connectivity index (χ0v) is 14.8. The van der Waals surface area contributed by atoms with Gasteiger partial charge in [0.05, 0.1) is 32.5 Å². The molecule has 138 valence electrons. The van der Waals surface area contributed by atoms with Crippen molar-refractivity contribution in [3.8, 4) is 0 Å². The van der Waals surface area contributed by atoms with Crippen LogP contribution in [0.5, 0.6) is 0 Å². The molecule has 0 bridgehead atoms. The van der Waals surface area contributed by atoms with E-state index in [4.69, 9.17) is 9.47 Å². The van der Waals surface area contributed by atoms with Crippen molar-refractivity contribution in [1.29, 1.82) is 0 Å². The zero-order chi connectivity index (χ0) is 17.8. The lowest BCUT2D eigenvalue weighted by Gasteiger charge is -2.39. The summed E-state index contributed by atoms with van der Waals surface area (Å²) in [7, 11) is 0. The number of carbonyl (C=O) groups is 1. The van der Waals surface area contributed by atoms with Gasteiger partial charge in [-0.2, -0.15) is 5.10 Å². The fourth-order valence-corrected chi connectivity index (χ4v) is 3.49. The average Bonchev–Trinajstić information content (AvgIpc) is 3.30. The third kappa shape index (κ3) is 3.89. The van der Waals surface area contributed by atoms with Crippen LogP contribution in [0, 0.1) is 0 Å². The molecule has 0 saturated carbocycles. The highest BCUT2D eigenvalue weighted by Crippen LogP contribution is 2.27. The number of amides is 2. The molecule has 4 rings (SSSR count). The predicted octanol–water partition coefficient (Wildman–Crippen LogP) is 1.63. The maximum Gasteiger partial charge on any atom is 0.317 e. The number of ether oxygens (including phenoxy) is 2. The van der Waals surface area contributed by atoms with Crippen molar-refractivity contribution in [3.63, 3.8) is 0 Å². The molecule has 0 aliphatic carbocycles. The molecule has 1 N–H and O–H groups in total. The van der Waals surface area contributed by atoms with E-state index in [1.807, 2.05) is 34.0 Å². The fraction of sp³-hybridized carbons (Fsp3) is 0.474. The van der Waals surface area contributed by atoms with Crippen LogP contribution in [0.2, 0.25) is 0 Å². The smallest absolute Gasteiger partial charge is 0.317 e. The molecule has 7 heteroatoms. The third-order valence-electron chi connectivity index (χ3n) is 4.92. The summed E-state index contributed by atoms with van der Waals surface area (Å²) in [5.74, 6) is 0. The van der Waals surface area contributed by atoms with E-state index in [1.54, 1.807) is 6.20 Å². The molecule has 1 unspecified atom stereocenters. The van der Waals surface area contributed by atoms with E-state index in [9.17, 15) is 4.79 Å². The van der Waals surface area contributed by atoms with Gasteiger partial charge < -0.3 is 19.7 Å². The van der Waals surface area contributed by atoms with Crippen molar-refractivity contribution in [2.24, 2.45) is 0 Å². The van der Waals surface area contributed by atoms with Crippen LogP contribution in [0.25, 0.3) is 0 Å². The van der Waals surface area contributed by atoms with Crippen LogP contribution in [-0.2, 0) is 22.6 Å². The van der Waals surface area contributed by atoms with Crippen LogP contribution in [0.15, 0.2) is 42.7 Å². The number of nitrogens with zero attached hydrogens (tertiary/aromatic N) is 3. The van der Waals surface area contributed by atoms with Crippen LogP contribution in [0.1, 0.15) is 17.5 Å². The maximum atomic E-state index is 12.5. The summed E-state index contributed by atoms with van der Waals surface area (Å²) in [4.78, 5) is 14.3. The van der Waals surface area contributed by atoms with Gasteiger partial charge in [0, 0.05) is 37.9 Å². The molecule has 1 aromatic carbocycles. The first-order valence-corrected chi connectivity index (χ1v) is 9.02. The molecule has 1 spiro atoms. The summed E-state index contributed by atoms with van der Waals surface area (Å²) in [6.45, 7) is 4.23. The second-order valence-corrected chi connectivity index (χ2v) is 6.95. The van der Waals surface area contributed by atoms with Crippen molar-refractivity contribution in [3.05, 3.63) is 53.9 Å². The maximum absolute atomic E-state index is 12.5. The Kier molecular flexibility index (Phi) is 4.90. The van der Waals surface area contributed by atoms with Gasteiger partial charge in [-0.1, -0.05) is 30.3 Å². The number of aromatic nitrogens is 2. The van der Waals surface area contributed by atoms with Gasteiger partial charge in [0.15, 0.2) is 0 Å². The highest BCUT2D eigenvalue weighted by molar-refractivity contribution is 5.74. The highest BCUT2D eigenvalue weighted by Gasteiger charge is 2.41. The molecule has 2 amide bonds. The molecule has 2 aliphatic rings. The van der Waals surface area contributed by atoms with Crippen molar-refractivity contribution in [1.82, 2.24) is 20.0 Å². The predicted molar refractivity (Wildman–Crippen MR) is 95.7 cm³/mol. The Bertz CT molecular complexity index is 740. The molecule has 2 aliphatic heterocycles. The lowest BCUT2D eigenvalue weighted by molar-refractivity contribution is -0.0975. The molecule has 1 atom stereocenters. The molecular weight excluding hydrogens is 332 g/mol. The Labute approximate surface area is 152 Å². The summed E-state index contributed by atoms with van der Waals surface area (Å²) in [5.41, 5.74) is 1.88. The van der Waals surface area contributed by atoms with E-state index < -0.39 is 0 Å². The van der Waals surface area contributed by atoms with E-state index >= 15 is 0 Å². The minimum atomic E-state index is -0.309. The molecule has 3 heterocycles. The van der Waals surface area contributed by atoms with Crippen molar-refractivity contribution in [2.75, 3.05) is 32.9 Å². The fourth-order valence-electron chi connectivity index (χ4n) is 3.49. The number of urea groups is 1. The van der Waals surface area contributed by atoms with E-state index in [2.05, 4.69) is 22.5 Å². The Morgan fingerprint density at radius 2 is 2.12 bits per heavy atom. The zero-order valence-electron chi connectivity index (χ0n) is 14.8. The largest absolute Gasteiger partial charge is 0.378 e. The van der Waals surface area contributed by atoms with Gasteiger partial charge in [0.1, 0.15) is 5.60 Å². The minimum Gasteiger partial charge on any atom is -0.378 e. The van der Waals surface area contributed by atoms with Gasteiger partial charge in [0.2, 0.25) is 0 Å². The third-order valence-corrected chi connectivity index (χ3v) is 4.92. The monoisotopic (exact) mass is 356 g/mol. The topological polar surface area (TPSA) is 68.6 Å². The summed E-state index contributed by atoms with van der Waals surface area (Å²) in [6.07, 6.45) is 4.62. The summed E-state index contributed by atoms with van der Waals surface area (Å²) in [5, 5.41) is 7.36. The molecule has 2 aromatic rings. The number of nitrogens with one attached hydrogen (secondary N) is 1. The van der Waals surface area contributed by atoms with Crippen molar-refractivity contribution >= 4 is 6.03 Å². The number of rotatable bonds is 4. The van der Waals surface area contributed by atoms with Crippen molar-refractivity contribution in [2.45, 2.75) is 25.1 Å². The van der Waals surface area contributed by atoms with E-state index in [-0.39, 0.29) is 11.6 Å². The summed E-state index contributed by atoms with van der Waals surface area (Å²) >= 11 is 0. The van der Waals surface area contributed by atoms with Gasteiger partial charge in [0.25, 0.3) is 0 Å². The lowest BCUT2D eigenvalue weighted by Crippen LogP contribution is -2.56. The molecule has 2 saturated heterocycles. The van der Waals surface area contributed by atoms with Gasteiger partial charge in [-0.15, -0.1) is 0 Å². The van der Waals surface area contributed by atoms with Gasteiger partial charge in [-0.3, -0.25) is 4.68 Å². The van der Waals surface area contributed by atoms with Gasteiger partial charge in [-0.05, 0) is 5.56 Å². The van der Waals surface area contributed by atoms with Crippen LogP contribution in [-0.4, -0.2) is 59.2 Å². The average molecular weight is 356 g/mol. The Morgan fingerprint density at radius 3 is 2.92 bits per heavy atom. The van der Waals surface area contributed by atoms with Gasteiger partial charge >= 0.3 is 6.03 Å². The first-order chi connectivity index (χ1) is 12.7. The van der Waals surface area contributed by atoms with Crippen LogP contribution in [0.3, 0.4) is 0 Å². The number of hydrogen-bond acceptors (Lipinski definition) is 4. The van der Waals surface area contributed by atoms with Crippen LogP contribution < -0.4 is 5.32 Å². The van der Waals surface area contributed by atoms with E-state index in [0.29, 0.717) is 39.5 Å². The summed E-state index contributed by atoms with van der Waals surface area (Å²) in [6, 6.07) is 10.1. The first-order valence-electron chi connectivity index (χ1n) is 9.02. The Hall–Kier alpha value is -2.38. The van der Waals surface area contributed by atoms with Crippen LogP contribution >= 0.6 is 0 Å². The standard InChI is InChI=1S/C19H24N4O3/c24-18(22-7-9-26-19(14-22)6-8-25-15-19)20-10-17-11-21-23(13-17)12-16-4-2-1-3-5-16/h1-5,11,13H,6-10,12,14-15H2,(H,20,24). The molecule has 26 heavy (non-hydrogen) atoms. The SMILES string of the molecule is O=C(NCc1cnn(Cc2ccccc2)c1)N1CCOC2(CCOC2)C1. The molecular formula is C19H24N4O3. The molecule has 1 aromatic heterocycles. The van der Waals surface area contributed by atoms with Gasteiger partial charge in [-0.25, -0.2) is 4.79 Å². The number of morpholine rings is 1. The first kappa shape index (κ1) is 17.1.